The minimum Gasteiger partial charge on any atom is -0.346 e. The van der Waals surface area contributed by atoms with E-state index in [0.29, 0.717) is 21.9 Å². The van der Waals surface area contributed by atoms with E-state index >= 15 is 0 Å². The molecule has 3 heterocycles. The maximum absolute atomic E-state index is 12.3. The number of benzene rings is 1. The molecule has 0 aliphatic carbocycles. The van der Waals surface area contributed by atoms with Gasteiger partial charge in [-0.15, -0.1) is 0 Å². The predicted molar refractivity (Wildman–Crippen MR) is 113 cm³/mol. The molecule has 0 aliphatic rings. The predicted octanol–water partition coefficient (Wildman–Crippen LogP) is 3.69. The smallest absolute Gasteiger partial charge is 0.246 e. The van der Waals surface area contributed by atoms with Gasteiger partial charge in [0.25, 0.3) is 0 Å². The summed E-state index contributed by atoms with van der Waals surface area (Å²) < 4.78 is 7.10. The molecule has 3 aromatic heterocycles. The third kappa shape index (κ3) is 4.52. The van der Waals surface area contributed by atoms with Crippen LogP contribution in [0.1, 0.15) is 11.5 Å². The summed E-state index contributed by atoms with van der Waals surface area (Å²) in [6.45, 7) is 2.10. The Morgan fingerprint density at radius 1 is 1.23 bits per heavy atom. The molecular weight excluding hydrogens is 424 g/mol. The fourth-order valence-corrected chi connectivity index (χ4v) is 3.70. The molecule has 0 radical (unpaired) electrons. The number of hydrogen-bond acceptors (Lipinski definition) is 7. The highest BCUT2D eigenvalue weighted by atomic mass is 35.5. The number of carbonyl (C=O) groups is 1. The average Bonchev–Trinajstić information content (AvgIpc) is 3.43. The van der Waals surface area contributed by atoms with E-state index in [-0.39, 0.29) is 18.2 Å². The van der Waals surface area contributed by atoms with Gasteiger partial charge in [0.1, 0.15) is 0 Å². The van der Waals surface area contributed by atoms with Crippen LogP contribution in [0.4, 0.5) is 0 Å². The lowest BCUT2D eigenvalue weighted by molar-refractivity contribution is -0.118. The molecule has 1 N–H and O–H groups in total. The van der Waals surface area contributed by atoms with Crippen molar-refractivity contribution >= 4 is 29.3 Å². The molecule has 0 saturated carbocycles. The maximum atomic E-state index is 12.3. The van der Waals surface area contributed by atoms with E-state index < -0.39 is 0 Å². The number of amides is 1. The van der Waals surface area contributed by atoms with Crippen molar-refractivity contribution < 1.29 is 9.32 Å². The largest absolute Gasteiger partial charge is 0.346 e. The van der Waals surface area contributed by atoms with Gasteiger partial charge in [-0.25, -0.2) is 4.98 Å². The van der Waals surface area contributed by atoms with Crippen LogP contribution in [0.25, 0.3) is 17.1 Å². The molecule has 0 fully saturated rings. The molecule has 0 unspecified atom stereocenters. The summed E-state index contributed by atoms with van der Waals surface area (Å²) in [6, 6.07) is 9.26. The molecule has 0 saturated heterocycles. The minimum atomic E-state index is -0.166. The summed E-state index contributed by atoms with van der Waals surface area (Å²) in [5.41, 5.74) is 2.67. The van der Waals surface area contributed by atoms with E-state index in [1.54, 1.807) is 30.7 Å². The van der Waals surface area contributed by atoms with Crippen LogP contribution < -0.4 is 5.32 Å². The van der Waals surface area contributed by atoms with Gasteiger partial charge in [-0.2, -0.15) is 4.98 Å². The molecule has 4 rings (SSSR count). The van der Waals surface area contributed by atoms with Crippen LogP contribution in [-0.4, -0.2) is 36.3 Å². The van der Waals surface area contributed by atoms with Crippen molar-refractivity contribution in [3.05, 3.63) is 71.6 Å². The number of thioether (sulfide) groups is 1. The van der Waals surface area contributed by atoms with Crippen LogP contribution in [0.5, 0.6) is 0 Å². The lowest BCUT2D eigenvalue weighted by Crippen LogP contribution is -2.24. The molecule has 0 atom stereocenters. The first-order valence-corrected chi connectivity index (χ1v) is 10.4. The maximum Gasteiger partial charge on any atom is 0.246 e. The van der Waals surface area contributed by atoms with Crippen molar-refractivity contribution in [2.24, 2.45) is 0 Å². The molecule has 152 valence electrons. The number of halogens is 1. The second-order valence-corrected chi connectivity index (χ2v) is 7.63. The second-order valence-electron chi connectivity index (χ2n) is 6.28. The fraction of sp³-hybridized carbons (Fsp3) is 0.150. The number of carbonyl (C=O) groups excluding carboxylic acids is 1. The van der Waals surface area contributed by atoms with Crippen molar-refractivity contribution in [3.63, 3.8) is 0 Å². The molecule has 0 aliphatic heterocycles. The van der Waals surface area contributed by atoms with Gasteiger partial charge in [-0.1, -0.05) is 34.6 Å². The molecular formula is C20H17ClN6O2S. The third-order valence-corrected chi connectivity index (χ3v) is 5.66. The Morgan fingerprint density at radius 2 is 2.07 bits per heavy atom. The normalized spacial score (nSPS) is 10.9. The first-order valence-electron chi connectivity index (χ1n) is 9.03. The summed E-state index contributed by atoms with van der Waals surface area (Å²) in [7, 11) is 0. The molecule has 0 bridgehead atoms. The Bertz CT molecular complexity index is 1160. The molecule has 8 nitrogen and oxygen atoms in total. The van der Waals surface area contributed by atoms with Crippen LogP contribution in [0.2, 0.25) is 5.02 Å². The van der Waals surface area contributed by atoms with Crippen molar-refractivity contribution in [2.45, 2.75) is 18.6 Å². The van der Waals surface area contributed by atoms with Crippen molar-refractivity contribution in [1.29, 1.82) is 0 Å². The quantitative estimate of drug-likeness (QED) is 0.437. The lowest BCUT2D eigenvalue weighted by atomic mass is 10.2. The summed E-state index contributed by atoms with van der Waals surface area (Å²) in [5, 5.41) is 8.08. The first kappa shape index (κ1) is 20.1. The van der Waals surface area contributed by atoms with Gasteiger partial charge >= 0.3 is 0 Å². The molecule has 10 heteroatoms. The zero-order chi connectivity index (χ0) is 20.9. The highest BCUT2D eigenvalue weighted by Gasteiger charge is 2.13. The van der Waals surface area contributed by atoms with Crippen LogP contribution in [0, 0.1) is 6.92 Å². The number of rotatable bonds is 7. The molecule has 4 aromatic rings. The van der Waals surface area contributed by atoms with Crippen molar-refractivity contribution in [1.82, 2.24) is 30.0 Å². The number of imidazole rings is 1. The monoisotopic (exact) mass is 440 g/mol. The molecule has 1 aromatic carbocycles. The van der Waals surface area contributed by atoms with Gasteiger partial charge in [-0.05, 0) is 36.8 Å². The Morgan fingerprint density at radius 3 is 2.90 bits per heavy atom. The van der Waals surface area contributed by atoms with E-state index in [9.17, 15) is 4.79 Å². The number of nitrogens with zero attached hydrogens (tertiary/aromatic N) is 5. The van der Waals surface area contributed by atoms with Crippen molar-refractivity contribution in [3.8, 4) is 17.1 Å². The summed E-state index contributed by atoms with van der Waals surface area (Å²) in [5.74, 6) is 0.814. The SMILES string of the molecule is Cc1c(Cl)cccc1-n1ccnc1SCC(=O)NCc1nc(-c2ccncc2)no1. The van der Waals surface area contributed by atoms with Crippen LogP contribution in [0.15, 0.2) is 64.8 Å². The summed E-state index contributed by atoms with van der Waals surface area (Å²) >= 11 is 7.55. The number of aromatic nitrogens is 5. The zero-order valence-corrected chi connectivity index (χ0v) is 17.5. The molecule has 30 heavy (non-hydrogen) atoms. The van der Waals surface area contributed by atoms with Crippen LogP contribution in [-0.2, 0) is 11.3 Å². The van der Waals surface area contributed by atoms with E-state index in [2.05, 4.69) is 25.4 Å². The van der Waals surface area contributed by atoms with Crippen LogP contribution >= 0.6 is 23.4 Å². The Labute approximate surface area is 181 Å². The summed E-state index contributed by atoms with van der Waals surface area (Å²) in [4.78, 5) is 24.8. The van der Waals surface area contributed by atoms with Crippen molar-refractivity contribution in [2.75, 3.05) is 5.75 Å². The van der Waals surface area contributed by atoms with E-state index in [1.165, 1.54) is 11.8 Å². The number of nitrogens with one attached hydrogen (secondary N) is 1. The Hall–Kier alpha value is -3.17. The highest BCUT2D eigenvalue weighted by Crippen LogP contribution is 2.26. The highest BCUT2D eigenvalue weighted by molar-refractivity contribution is 7.99. The Balaban J connectivity index is 1.34. The number of hydrogen-bond donors (Lipinski definition) is 1. The number of pyridine rings is 1. The molecule has 1 amide bonds. The van der Waals surface area contributed by atoms with Gasteiger partial charge in [-0.3, -0.25) is 14.3 Å². The van der Waals surface area contributed by atoms with Gasteiger partial charge in [0.15, 0.2) is 5.16 Å². The van der Waals surface area contributed by atoms with E-state index in [1.807, 2.05) is 35.9 Å². The average molecular weight is 441 g/mol. The molecule has 0 spiro atoms. The standard InChI is InChI=1S/C20H17ClN6O2S/c1-13-15(21)3-2-4-16(13)27-10-9-23-20(27)30-12-17(28)24-11-18-25-19(26-29-18)14-5-7-22-8-6-14/h2-10H,11-12H2,1H3,(H,24,28). The van der Waals surface area contributed by atoms with Gasteiger partial charge < -0.3 is 9.84 Å². The summed E-state index contributed by atoms with van der Waals surface area (Å²) in [6.07, 6.45) is 6.84. The van der Waals surface area contributed by atoms with E-state index in [0.717, 1.165) is 16.8 Å². The van der Waals surface area contributed by atoms with E-state index in [4.69, 9.17) is 16.1 Å². The third-order valence-electron chi connectivity index (χ3n) is 4.28. The van der Waals surface area contributed by atoms with Gasteiger partial charge in [0.05, 0.1) is 18.0 Å². The van der Waals surface area contributed by atoms with Gasteiger partial charge in [0.2, 0.25) is 17.6 Å². The fourth-order valence-electron chi connectivity index (χ4n) is 2.74. The lowest BCUT2D eigenvalue weighted by Gasteiger charge is -2.11. The minimum absolute atomic E-state index is 0.152. The second kappa shape index (κ2) is 9.10. The Kier molecular flexibility index (Phi) is 6.10. The topological polar surface area (TPSA) is 98.7 Å². The van der Waals surface area contributed by atoms with Crippen LogP contribution in [0.3, 0.4) is 0 Å². The van der Waals surface area contributed by atoms with Gasteiger partial charge in [0, 0.05) is 35.4 Å². The first-order chi connectivity index (χ1) is 14.6. The zero-order valence-electron chi connectivity index (χ0n) is 15.9.